The normalized spacial score (nSPS) is 11.1. The number of H-pyrrole nitrogens is 1. The predicted octanol–water partition coefficient (Wildman–Crippen LogP) is 5.78. The fourth-order valence-electron chi connectivity index (χ4n) is 3.02. The number of para-hydroxylation sites is 1. The summed E-state index contributed by atoms with van der Waals surface area (Å²) in [6.07, 6.45) is 3.18. The molecule has 0 saturated heterocycles. The van der Waals surface area contributed by atoms with Gasteiger partial charge in [-0.25, -0.2) is 4.98 Å². The summed E-state index contributed by atoms with van der Waals surface area (Å²) in [5, 5.41) is 2.85. The minimum absolute atomic E-state index is 0.193. The summed E-state index contributed by atoms with van der Waals surface area (Å²) in [4.78, 5) is 32.3. The number of carbonyl (C=O) groups is 2. The van der Waals surface area contributed by atoms with Crippen molar-refractivity contribution in [3.05, 3.63) is 99.8 Å². The third-order valence-corrected chi connectivity index (χ3v) is 5.19. The summed E-state index contributed by atoms with van der Waals surface area (Å²) in [6, 6.07) is 20.2. The van der Waals surface area contributed by atoms with Gasteiger partial charge in [0.2, 0.25) is 5.78 Å². The van der Waals surface area contributed by atoms with Crippen molar-refractivity contribution in [1.29, 1.82) is 0 Å². The molecule has 4 rings (SSSR count). The number of halogens is 1. The fourth-order valence-corrected chi connectivity index (χ4v) is 3.29. The van der Waals surface area contributed by atoms with Crippen LogP contribution in [0.4, 0.5) is 5.69 Å². The van der Waals surface area contributed by atoms with E-state index in [-0.39, 0.29) is 11.7 Å². The molecular formula is C24H18BrN3O2. The van der Waals surface area contributed by atoms with Crippen molar-refractivity contribution in [3.8, 4) is 0 Å². The first-order chi connectivity index (χ1) is 14.5. The Labute approximate surface area is 182 Å². The number of imidazole rings is 1. The Bertz CT molecular complexity index is 1260. The minimum atomic E-state index is -0.206. The van der Waals surface area contributed by atoms with E-state index < -0.39 is 0 Å². The molecule has 3 aromatic carbocycles. The number of aromatic amines is 1. The summed E-state index contributed by atoms with van der Waals surface area (Å²) in [5.41, 5.74) is 4.76. The summed E-state index contributed by atoms with van der Waals surface area (Å²) in [7, 11) is 0. The van der Waals surface area contributed by atoms with Crippen LogP contribution in [-0.2, 0) is 0 Å². The summed E-state index contributed by atoms with van der Waals surface area (Å²) in [6.45, 7) is 1.97. The van der Waals surface area contributed by atoms with Gasteiger partial charge in [0.25, 0.3) is 5.91 Å². The van der Waals surface area contributed by atoms with Crippen LogP contribution in [0.1, 0.15) is 32.1 Å². The van der Waals surface area contributed by atoms with Gasteiger partial charge in [0.05, 0.1) is 11.0 Å². The number of nitrogens with one attached hydrogen (secondary N) is 2. The van der Waals surface area contributed by atoms with Crippen LogP contribution in [0.25, 0.3) is 17.1 Å². The number of hydrogen-bond acceptors (Lipinski definition) is 3. The third-order valence-electron chi connectivity index (χ3n) is 4.66. The van der Waals surface area contributed by atoms with Crippen LogP contribution in [0.3, 0.4) is 0 Å². The molecule has 1 amide bonds. The van der Waals surface area contributed by atoms with E-state index in [2.05, 4.69) is 31.2 Å². The van der Waals surface area contributed by atoms with Gasteiger partial charge in [0.15, 0.2) is 5.82 Å². The average molecular weight is 460 g/mol. The van der Waals surface area contributed by atoms with Crippen LogP contribution in [0.2, 0.25) is 0 Å². The van der Waals surface area contributed by atoms with E-state index in [9.17, 15) is 9.59 Å². The second-order valence-electron chi connectivity index (χ2n) is 6.84. The number of benzene rings is 3. The Balaban J connectivity index is 1.43. The lowest BCUT2D eigenvalue weighted by atomic mass is 10.1. The number of ketones is 1. The summed E-state index contributed by atoms with van der Waals surface area (Å²) in [5.74, 6) is -0.0923. The zero-order valence-corrected chi connectivity index (χ0v) is 17.7. The van der Waals surface area contributed by atoms with Crippen molar-refractivity contribution in [2.24, 2.45) is 0 Å². The Morgan fingerprint density at radius 3 is 2.43 bits per heavy atom. The van der Waals surface area contributed by atoms with Crippen molar-refractivity contribution < 1.29 is 9.59 Å². The molecule has 0 radical (unpaired) electrons. The Morgan fingerprint density at radius 2 is 1.73 bits per heavy atom. The van der Waals surface area contributed by atoms with Crippen molar-refractivity contribution in [1.82, 2.24) is 9.97 Å². The maximum absolute atomic E-state index is 12.5. The van der Waals surface area contributed by atoms with E-state index in [4.69, 9.17) is 0 Å². The molecule has 2 N–H and O–H groups in total. The SMILES string of the molecule is Cc1cccc2nc(C(=O)C=Cc3ccc(C(=O)Nc4ccc(Br)cc4)cc3)[nH]c12. The highest BCUT2D eigenvalue weighted by Gasteiger charge is 2.10. The average Bonchev–Trinajstić information content (AvgIpc) is 3.20. The molecule has 148 valence electrons. The number of allylic oxidation sites excluding steroid dienone is 1. The number of amides is 1. The van der Waals surface area contributed by atoms with Gasteiger partial charge in [-0.05, 0) is 66.6 Å². The van der Waals surface area contributed by atoms with E-state index in [0.717, 1.165) is 32.3 Å². The fraction of sp³-hybridized carbons (Fsp3) is 0.0417. The number of rotatable bonds is 5. The predicted molar refractivity (Wildman–Crippen MR) is 123 cm³/mol. The Morgan fingerprint density at radius 1 is 1.00 bits per heavy atom. The molecule has 6 heteroatoms. The molecule has 0 bridgehead atoms. The Kier molecular flexibility index (Phi) is 5.59. The number of nitrogens with zero attached hydrogens (tertiary/aromatic N) is 1. The molecule has 0 spiro atoms. The molecule has 1 heterocycles. The highest BCUT2D eigenvalue weighted by atomic mass is 79.9. The molecule has 0 aliphatic rings. The van der Waals surface area contributed by atoms with Gasteiger partial charge in [-0.15, -0.1) is 0 Å². The molecule has 0 saturated carbocycles. The molecule has 0 aliphatic heterocycles. The first-order valence-electron chi connectivity index (χ1n) is 9.34. The topological polar surface area (TPSA) is 74.8 Å². The smallest absolute Gasteiger partial charge is 0.255 e. The monoisotopic (exact) mass is 459 g/mol. The first kappa shape index (κ1) is 19.8. The van der Waals surface area contributed by atoms with Crippen molar-refractivity contribution in [3.63, 3.8) is 0 Å². The zero-order valence-electron chi connectivity index (χ0n) is 16.1. The largest absolute Gasteiger partial charge is 0.335 e. The number of anilines is 1. The number of aromatic nitrogens is 2. The van der Waals surface area contributed by atoms with E-state index in [0.29, 0.717) is 11.4 Å². The van der Waals surface area contributed by atoms with Crippen molar-refractivity contribution in [2.45, 2.75) is 6.92 Å². The van der Waals surface area contributed by atoms with Gasteiger partial charge in [0, 0.05) is 15.7 Å². The maximum Gasteiger partial charge on any atom is 0.255 e. The van der Waals surface area contributed by atoms with Gasteiger partial charge >= 0.3 is 0 Å². The van der Waals surface area contributed by atoms with E-state index in [1.165, 1.54) is 6.08 Å². The number of fused-ring (bicyclic) bond motifs is 1. The van der Waals surface area contributed by atoms with Crippen LogP contribution in [0.15, 0.2) is 77.3 Å². The Hall–Kier alpha value is -3.51. The molecule has 0 atom stereocenters. The van der Waals surface area contributed by atoms with Gasteiger partial charge in [-0.3, -0.25) is 9.59 Å². The van der Waals surface area contributed by atoms with Gasteiger partial charge in [-0.1, -0.05) is 46.3 Å². The highest BCUT2D eigenvalue weighted by molar-refractivity contribution is 9.10. The van der Waals surface area contributed by atoms with Crippen molar-refractivity contribution in [2.75, 3.05) is 5.32 Å². The summed E-state index contributed by atoms with van der Waals surface area (Å²) < 4.78 is 0.948. The van der Waals surface area contributed by atoms with Gasteiger partial charge < -0.3 is 10.3 Å². The van der Waals surface area contributed by atoms with E-state index in [1.54, 1.807) is 30.3 Å². The molecule has 30 heavy (non-hydrogen) atoms. The minimum Gasteiger partial charge on any atom is -0.335 e. The molecule has 4 aromatic rings. The van der Waals surface area contributed by atoms with Gasteiger partial charge in [-0.2, -0.15) is 0 Å². The van der Waals surface area contributed by atoms with Crippen LogP contribution in [0, 0.1) is 6.92 Å². The molecular weight excluding hydrogens is 442 g/mol. The first-order valence-corrected chi connectivity index (χ1v) is 10.1. The van der Waals surface area contributed by atoms with Crippen LogP contribution >= 0.6 is 15.9 Å². The standard InChI is InChI=1S/C24H18BrN3O2/c1-15-3-2-4-20-22(15)28-23(27-20)21(29)14-7-16-5-8-17(9-6-16)24(30)26-19-12-10-18(25)11-13-19/h2-14H,1H3,(H,26,30)(H,27,28). The van der Waals surface area contributed by atoms with E-state index >= 15 is 0 Å². The molecule has 1 aromatic heterocycles. The molecule has 0 aliphatic carbocycles. The zero-order chi connectivity index (χ0) is 21.1. The maximum atomic E-state index is 12.5. The summed E-state index contributed by atoms with van der Waals surface area (Å²) >= 11 is 3.37. The number of carbonyl (C=O) groups excluding carboxylic acids is 2. The lowest BCUT2D eigenvalue weighted by molar-refractivity contribution is 0.102. The third kappa shape index (κ3) is 4.39. The van der Waals surface area contributed by atoms with Crippen LogP contribution in [0.5, 0.6) is 0 Å². The van der Waals surface area contributed by atoms with E-state index in [1.807, 2.05) is 49.4 Å². The number of hydrogen-bond donors (Lipinski definition) is 2. The van der Waals surface area contributed by atoms with Crippen molar-refractivity contribution >= 4 is 50.4 Å². The second-order valence-corrected chi connectivity index (χ2v) is 7.75. The van der Waals surface area contributed by atoms with Gasteiger partial charge in [0.1, 0.15) is 0 Å². The quantitative estimate of drug-likeness (QED) is 0.293. The molecule has 5 nitrogen and oxygen atoms in total. The second kappa shape index (κ2) is 8.47. The highest BCUT2D eigenvalue weighted by Crippen LogP contribution is 2.17. The lowest BCUT2D eigenvalue weighted by Crippen LogP contribution is -2.11. The lowest BCUT2D eigenvalue weighted by Gasteiger charge is -2.05. The molecule has 0 unspecified atom stereocenters. The molecule has 0 fully saturated rings. The number of aryl methyl sites for hydroxylation is 1. The van der Waals surface area contributed by atoms with Crippen LogP contribution < -0.4 is 5.32 Å². The van der Waals surface area contributed by atoms with Crippen LogP contribution in [-0.4, -0.2) is 21.7 Å².